The van der Waals surface area contributed by atoms with E-state index < -0.39 is 157 Å². The largest absolute Gasteiger partial charge is 0.508 e. The molecule has 0 unspecified atom stereocenters. The fraction of sp³-hybridized carbons (Fsp3) is 0.448. The zero-order chi connectivity index (χ0) is 63.4. The van der Waals surface area contributed by atoms with E-state index in [0.717, 1.165) is 6.92 Å². The van der Waals surface area contributed by atoms with Crippen LogP contribution >= 0.6 is 0 Å². The zero-order valence-electron chi connectivity index (χ0n) is 47.7. The number of nitrogens with one attached hydrogen (secondary N) is 8. The van der Waals surface area contributed by atoms with Crippen molar-refractivity contribution in [2.75, 3.05) is 6.54 Å². The molecule has 1 saturated heterocycles. The van der Waals surface area contributed by atoms with E-state index in [1.165, 1.54) is 29.2 Å². The molecule has 5 rings (SSSR count). The van der Waals surface area contributed by atoms with Crippen LogP contribution < -0.4 is 48.7 Å². The number of phenols is 1. The van der Waals surface area contributed by atoms with Crippen LogP contribution in [0.5, 0.6) is 5.75 Å². The third-order valence-corrected chi connectivity index (χ3v) is 14.2. The maximum Gasteiger partial charge on any atom is 0.328 e. The summed E-state index contributed by atoms with van der Waals surface area (Å²) in [6.45, 7) is 4.74. The summed E-state index contributed by atoms with van der Waals surface area (Å²) in [6, 6.07) is 6.46. The standard InChI is InChI=1S/C58H75N11O17/c1-30(2)24-37(59)50(77)62-39(19-21-46(60)72)51(78)64-41(25-33-15-17-35(71)18-16-33)53(80)65-43(28-48(75)76)54(81)63-40(20-22-47(73)74)52(79)67-44(26-32-10-5-4-6-11-32)57(84)69-23-9-14-45(69)56(83)66-42(55(82)68-49(31(3)70)58(85)86)27-34-29-61-38-13-8-7-12-36(34)38/h4-8,10-13,15-18,29-31,37,39-45,49,61,70-71H,9,14,19-28,59H2,1-3H3,(H2,60,72)(H,62,77)(H,63,81)(H,64,78)(H,65,80)(H,66,83)(H,67,79)(H,68,82)(H,73,74)(H,75,76)(H,85,86)/t31-,37+,39+,40+,41+,42+,43+,44+,45+,49+/m1/s1. The summed E-state index contributed by atoms with van der Waals surface area (Å²) in [5.41, 5.74) is 13.5. The van der Waals surface area contributed by atoms with Crippen LogP contribution in [0.1, 0.15) is 88.8 Å². The molecule has 28 heteroatoms. The number of aromatic amines is 1. The van der Waals surface area contributed by atoms with E-state index in [1.807, 2.05) is 13.8 Å². The molecule has 86 heavy (non-hydrogen) atoms. The van der Waals surface area contributed by atoms with Gasteiger partial charge in [0, 0.05) is 55.7 Å². The fourth-order valence-corrected chi connectivity index (χ4v) is 9.73. The minimum Gasteiger partial charge on any atom is -0.508 e. The number of nitrogens with two attached hydrogens (primary N) is 2. The predicted octanol–water partition coefficient (Wildman–Crippen LogP) is -1.27. The molecule has 0 bridgehead atoms. The lowest BCUT2D eigenvalue weighted by atomic mass is 10.0. The first kappa shape index (κ1) is 67.4. The van der Waals surface area contributed by atoms with Gasteiger partial charge < -0.3 is 84.1 Å². The number of aliphatic carboxylic acids is 3. The number of phenolic OH excluding ortho intramolecular Hbond substituents is 1. The molecule has 1 fully saturated rings. The number of hydrogen-bond acceptors (Lipinski definition) is 15. The van der Waals surface area contributed by atoms with Crippen LogP contribution in [0.15, 0.2) is 85.1 Å². The Hall–Kier alpha value is -9.44. The number of aromatic hydroxyl groups is 1. The molecule has 17 N–H and O–H groups in total. The van der Waals surface area contributed by atoms with Crippen LogP contribution in [0.3, 0.4) is 0 Å². The number of benzene rings is 3. The number of para-hydroxylation sites is 1. The summed E-state index contributed by atoms with van der Waals surface area (Å²) >= 11 is 0. The van der Waals surface area contributed by atoms with E-state index in [9.17, 15) is 83.1 Å². The van der Waals surface area contributed by atoms with Crippen LogP contribution in [-0.2, 0) is 76.8 Å². The number of likely N-dealkylation sites (tertiary alicyclic amines) is 1. The van der Waals surface area contributed by atoms with Gasteiger partial charge in [-0.15, -0.1) is 0 Å². The van der Waals surface area contributed by atoms with Gasteiger partial charge in [-0.3, -0.25) is 52.7 Å². The maximum absolute atomic E-state index is 14.9. The number of aliphatic hydroxyl groups excluding tert-OH is 1. The summed E-state index contributed by atoms with van der Waals surface area (Å²) in [6.07, 6.45) is -3.50. The molecule has 3 aromatic carbocycles. The first-order valence-corrected chi connectivity index (χ1v) is 27.9. The van der Waals surface area contributed by atoms with Crippen molar-refractivity contribution in [2.45, 2.75) is 152 Å². The van der Waals surface area contributed by atoms with Gasteiger partial charge in [0.1, 0.15) is 48.0 Å². The minimum absolute atomic E-state index is 0.0313. The predicted molar refractivity (Wildman–Crippen MR) is 307 cm³/mol. The molecule has 1 aliphatic heterocycles. The van der Waals surface area contributed by atoms with Gasteiger partial charge in [0.05, 0.1) is 18.6 Å². The number of carbonyl (C=O) groups is 12. The summed E-state index contributed by atoms with van der Waals surface area (Å²) in [4.78, 5) is 166. The third-order valence-electron chi connectivity index (χ3n) is 14.2. The van der Waals surface area contributed by atoms with Crippen LogP contribution in [0.4, 0.5) is 0 Å². The van der Waals surface area contributed by atoms with Crippen LogP contribution in [-0.4, -0.2) is 174 Å². The Morgan fingerprint density at radius 1 is 0.605 bits per heavy atom. The Morgan fingerprint density at radius 3 is 1.73 bits per heavy atom. The van der Waals surface area contributed by atoms with Gasteiger partial charge in [-0.1, -0.05) is 74.5 Å². The van der Waals surface area contributed by atoms with Crippen molar-refractivity contribution in [2.24, 2.45) is 17.4 Å². The topological polar surface area (TPSA) is 461 Å². The number of primary amides is 1. The Balaban J connectivity index is 1.41. The van der Waals surface area contributed by atoms with Crippen molar-refractivity contribution < 1.29 is 83.1 Å². The molecule has 4 aromatic rings. The number of amides is 9. The second-order valence-corrected chi connectivity index (χ2v) is 21.5. The van der Waals surface area contributed by atoms with Crippen molar-refractivity contribution in [1.82, 2.24) is 47.1 Å². The second-order valence-electron chi connectivity index (χ2n) is 21.5. The van der Waals surface area contributed by atoms with Gasteiger partial charge in [-0.05, 0) is 79.8 Å². The highest BCUT2D eigenvalue weighted by molar-refractivity contribution is 5.99. The molecule has 0 radical (unpaired) electrons. The van der Waals surface area contributed by atoms with Crippen molar-refractivity contribution in [3.8, 4) is 5.75 Å². The second kappa shape index (κ2) is 32.0. The van der Waals surface area contributed by atoms with Crippen molar-refractivity contribution in [1.29, 1.82) is 0 Å². The first-order chi connectivity index (χ1) is 40.7. The Kier molecular flexibility index (Phi) is 25.1. The molecule has 1 aliphatic rings. The third kappa shape index (κ3) is 20.4. The van der Waals surface area contributed by atoms with E-state index in [1.54, 1.807) is 60.8 Å². The lowest BCUT2D eigenvalue weighted by Gasteiger charge is -2.31. The number of hydrogen-bond donors (Lipinski definition) is 15. The molecule has 0 spiro atoms. The van der Waals surface area contributed by atoms with Crippen LogP contribution in [0.25, 0.3) is 10.9 Å². The number of carbonyl (C=O) groups excluding carboxylic acids is 9. The lowest BCUT2D eigenvalue weighted by Crippen LogP contribution is -2.61. The van der Waals surface area contributed by atoms with Crippen LogP contribution in [0, 0.1) is 5.92 Å². The highest BCUT2D eigenvalue weighted by atomic mass is 16.4. The Morgan fingerprint density at radius 2 is 1.13 bits per heavy atom. The number of carboxylic acid groups (broad SMARTS) is 3. The summed E-state index contributed by atoms with van der Waals surface area (Å²) < 4.78 is 0. The van der Waals surface area contributed by atoms with Gasteiger partial charge in [-0.25, -0.2) is 4.79 Å². The van der Waals surface area contributed by atoms with E-state index >= 15 is 0 Å². The van der Waals surface area contributed by atoms with Gasteiger partial charge in [0.15, 0.2) is 6.04 Å². The van der Waals surface area contributed by atoms with Gasteiger partial charge in [0.2, 0.25) is 53.2 Å². The van der Waals surface area contributed by atoms with Gasteiger partial charge >= 0.3 is 17.9 Å². The molecule has 9 amide bonds. The monoisotopic (exact) mass is 1200 g/mol. The van der Waals surface area contributed by atoms with E-state index in [4.69, 9.17) is 11.5 Å². The smallest absolute Gasteiger partial charge is 0.328 e. The maximum atomic E-state index is 14.9. The number of rotatable bonds is 33. The zero-order valence-corrected chi connectivity index (χ0v) is 47.7. The van der Waals surface area contributed by atoms with Gasteiger partial charge in [0.25, 0.3) is 0 Å². The van der Waals surface area contributed by atoms with E-state index in [2.05, 4.69) is 42.2 Å². The molecule has 1 aromatic heterocycles. The molecule has 0 saturated carbocycles. The molecule has 28 nitrogen and oxygen atoms in total. The normalized spacial score (nSPS) is 16.1. The summed E-state index contributed by atoms with van der Waals surface area (Å²) in [5.74, 6) is -13.7. The van der Waals surface area contributed by atoms with Crippen LogP contribution in [0.2, 0.25) is 0 Å². The molecular formula is C58H75N11O17. The highest BCUT2D eigenvalue weighted by Crippen LogP contribution is 2.23. The Bertz CT molecular complexity index is 3080. The number of aliphatic hydroxyl groups is 1. The number of nitrogens with zero attached hydrogens (tertiary/aromatic N) is 1. The number of carboxylic acids is 3. The lowest BCUT2D eigenvalue weighted by molar-refractivity contribution is -0.145. The Labute approximate surface area is 493 Å². The fourth-order valence-electron chi connectivity index (χ4n) is 9.73. The van der Waals surface area contributed by atoms with Crippen molar-refractivity contribution >= 4 is 82.0 Å². The van der Waals surface area contributed by atoms with Crippen molar-refractivity contribution in [3.05, 3.63) is 102 Å². The molecule has 2 heterocycles. The number of H-pyrrole nitrogens is 1. The SMILES string of the molecule is CC(C)C[C@H](N)C(=O)N[C@@H](CCC(N)=O)C(=O)N[C@@H](Cc1ccc(O)cc1)C(=O)N[C@@H](CC(=O)O)C(=O)N[C@@H](CCC(=O)O)C(=O)N[C@@H](Cc1ccccc1)C(=O)N1CCC[C@H]1C(=O)N[C@@H](Cc1c[nH]c2ccccc12)C(=O)N[C@H](C(=O)O)[C@@H](C)O. The molecule has 0 aliphatic carbocycles. The molecular weight excluding hydrogens is 1120 g/mol. The molecule has 10 atom stereocenters. The highest BCUT2D eigenvalue weighted by Gasteiger charge is 2.41. The summed E-state index contributed by atoms with van der Waals surface area (Å²) in [7, 11) is 0. The average Bonchev–Trinajstić information content (AvgIpc) is 3.44. The molecule has 464 valence electrons. The van der Waals surface area contributed by atoms with E-state index in [-0.39, 0.29) is 63.2 Å². The minimum atomic E-state index is -2.05. The quantitative estimate of drug-likeness (QED) is 0.0264. The average molecular weight is 1200 g/mol. The van der Waals surface area contributed by atoms with Gasteiger partial charge in [-0.2, -0.15) is 0 Å². The number of aromatic nitrogens is 1. The number of fused-ring (bicyclic) bond motifs is 1. The van der Waals surface area contributed by atoms with Crippen molar-refractivity contribution in [3.63, 3.8) is 0 Å². The summed E-state index contributed by atoms with van der Waals surface area (Å²) in [5, 5.41) is 67.4. The first-order valence-electron chi connectivity index (χ1n) is 27.9. The van der Waals surface area contributed by atoms with E-state index in [0.29, 0.717) is 27.6 Å².